The molecule has 0 radical (unpaired) electrons. The van der Waals surface area contributed by atoms with E-state index < -0.39 is 8.56 Å². The third-order valence-corrected chi connectivity index (χ3v) is 8.89. The largest absolute Gasteiger partial charge is 0.519 e. The number of benzene rings is 1. The van der Waals surface area contributed by atoms with Crippen molar-refractivity contribution < 1.29 is 8.85 Å². The van der Waals surface area contributed by atoms with E-state index in [4.69, 9.17) is 32.1 Å². The molecule has 1 aromatic rings. The van der Waals surface area contributed by atoms with Gasteiger partial charge in [-0.15, -0.1) is 0 Å². The van der Waals surface area contributed by atoms with E-state index in [9.17, 15) is 0 Å². The fourth-order valence-corrected chi connectivity index (χ4v) is 5.92. The van der Waals surface area contributed by atoms with Crippen molar-refractivity contribution in [2.45, 2.75) is 90.6 Å². The first kappa shape index (κ1) is 23.8. The zero-order chi connectivity index (χ0) is 19.3. The van der Waals surface area contributed by atoms with Crippen molar-refractivity contribution in [2.75, 3.05) is 6.61 Å². The highest BCUT2D eigenvalue weighted by Crippen LogP contribution is 2.32. The van der Waals surface area contributed by atoms with Crippen LogP contribution in [0.2, 0.25) is 22.1 Å². The molecule has 0 atom stereocenters. The van der Waals surface area contributed by atoms with Crippen molar-refractivity contribution in [2.24, 2.45) is 0 Å². The smallest absolute Gasteiger partial charge is 0.398 e. The number of rotatable bonds is 15. The van der Waals surface area contributed by atoms with Gasteiger partial charge in [-0.3, -0.25) is 0 Å². The van der Waals surface area contributed by atoms with Gasteiger partial charge in [0.05, 0.1) is 5.02 Å². The van der Waals surface area contributed by atoms with Gasteiger partial charge in [-0.2, -0.15) is 0 Å². The Morgan fingerprint density at radius 2 is 1.38 bits per heavy atom. The van der Waals surface area contributed by atoms with Crippen molar-refractivity contribution in [3.05, 3.63) is 28.2 Å². The summed E-state index contributed by atoms with van der Waals surface area (Å²) in [6, 6.07) is 7.22. The normalized spacial score (nSPS) is 11.7. The predicted molar refractivity (Wildman–Crippen MR) is 117 cm³/mol. The molecule has 0 fully saturated rings. The summed E-state index contributed by atoms with van der Waals surface area (Å²) in [5.41, 5.74) is 0. The summed E-state index contributed by atoms with van der Waals surface area (Å²) in [4.78, 5) is 0. The van der Waals surface area contributed by atoms with E-state index in [0.29, 0.717) is 15.8 Å². The van der Waals surface area contributed by atoms with Crippen LogP contribution >= 0.6 is 23.2 Å². The number of hydrogen-bond acceptors (Lipinski definition) is 2. The van der Waals surface area contributed by atoms with Gasteiger partial charge in [-0.1, -0.05) is 95.3 Å². The minimum atomic E-state index is -2.25. The van der Waals surface area contributed by atoms with Crippen LogP contribution in [-0.4, -0.2) is 15.2 Å². The zero-order valence-electron chi connectivity index (χ0n) is 16.8. The average molecular weight is 420 g/mol. The van der Waals surface area contributed by atoms with Gasteiger partial charge in [0.15, 0.2) is 0 Å². The van der Waals surface area contributed by atoms with Gasteiger partial charge in [0.2, 0.25) is 0 Å². The van der Waals surface area contributed by atoms with E-state index in [-0.39, 0.29) is 0 Å². The second kappa shape index (κ2) is 13.9. The molecule has 0 amide bonds. The third kappa shape index (κ3) is 9.12. The molecular weight excluding hydrogens is 383 g/mol. The summed E-state index contributed by atoms with van der Waals surface area (Å²) in [5, 5.41) is 1.18. The van der Waals surface area contributed by atoms with Crippen molar-refractivity contribution in [1.29, 1.82) is 0 Å². The lowest BCUT2D eigenvalue weighted by atomic mass is 10.1. The maximum Gasteiger partial charge on any atom is 0.398 e. The van der Waals surface area contributed by atoms with Gasteiger partial charge in [-0.25, -0.2) is 0 Å². The summed E-state index contributed by atoms with van der Waals surface area (Å²) in [6.07, 6.45) is 11.9. The fourth-order valence-electron chi connectivity index (χ4n) is 3.06. The van der Waals surface area contributed by atoms with Crippen LogP contribution in [0.15, 0.2) is 18.2 Å². The second-order valence-corrected chi connectivity index (χ2v) is 11.5. The van der Waals surface area contributed by atoms with Crippen LogP contribution in [0.5, 0.6) is 5.75 Å². The quantitative estimate of drug-likeness (QED) is 0.210. The van der Waals surface area contributed by atoms with Crippen LogP contribution < -0.4 is 4.43 Å². The number of halogens is 2. The van der Waals surface area contributed by atoms with Crippen molar-refractivity contribution >= 4 is 31.8 Å². The van der Waals surface area contributed by atoms with Crippen molar-refractivity contribution in [3.63, 3.8) is 0 Å². The van der Waals surface area contributed by atoms with Crippen LogP contribution in [0.25, 0.3) is 0 Å². The summed E-state index contributed by atoms with van der Waals surface area (Å²) < 4.78 is 12.6. The third-order valence-electron chi connectivity index (χ3n) is 4.88. The molecule has 0 bridgehead atoms. The molecule has 26 heavy (non-hydrogen) atoms. The minimum absolute atomic E-state index is 0.558. The Morgan fingerprint density at radius 1 is 0.808 bits per heavy atom. The lowest BCUT2D eigenvalue weighted by Crippen LogP contribution is -2.44. The van der Waals surface area contributed by atoms with Crippen LogP contribution in [0.3, 0.4) is 0 Å². The molecule has 1 rings (SSSR count). The van der Waals surface area contributed by atoms with Gasteiger partial charge in [0.25, 0.3) is 0 Å². The number of unbranched alkanes of at least 4 members (excludes halogenated alkanes) is 8. The van der Waals surface area contributed by atoms with E-state index in [1.165, 1.54) is 51.4 Å². The van der Waals surface area contributed by atoms with Gasteiger partial charge >= 0.3 is 8.56 Å². The SMILES string of the molecule is CCCCCCCCCCCO[Si](CC)(CC)Oc1ccc(Cl)cc1Cl. The highest BCUT2D eigenvalue weighted by molar-refractivity contribution is 6.68. The summed E-state index contributed by atoms with van der Waals surface area (Å²) in [7, 11) is -2.25. The second-order valence-electron chi connectivity index (χ2n) is 6.97. The van der Waals surface area contributed by atoms with Gasteiger partial charge < -0.3 is 8.85 Å². The van der Waals surface area contributed by atoms with E-state index in [0.717, 1.165) is 25.1 Å². The summed E-state index contributed by atoms with van der Waals surface area (Å²) in [5.74, 6) is 0.693. The maximum absolute atomic E-state index is 6.30. The molecule has 150 valence electrons. The Hall–Kier alpha value is -0.223. The molecule has 0 spiro atoms. The van der Waals surface area contributed by atoms with Crippen LogP contribution in [0, 0.1) is 0 Å². The molecule has 0 N–H and O–H groups in total. The fraction of sp³-hybridized carbons (Fsp3) is 0.714. The Bertz CT molecular complexity index is 493. The van der Waals surface area contributed by atoms with Crippen molar-refractivity contribution in [3.8, 4) is 5.75 Å². The molecule has 1 aromatic carbocycles. The minimum Gasteiger partial charge on any atom is -0.519 e. The monoisotopic (exact) mass is 418 g/mol. The average Bonchev–Trinajstić information content (AvgIpc) is 2.64. The molecule has 0 heterocycles. The first-order valence-corrected chi connectivity index (χ1v) is 13.3. The first-order valence-electron chi connectivity index (χ1n) is 10.3. The number of hydrogen-bond donors (Lipinski definition) is 0. The Labute approximate surface area is 171 Å². The molecule has 0 saturated carbocycles. The molecule has 2 nitrogen and oxygen atoms in total. The van der Waals surface area contributed by atoms with E-state index in [2.05, 4.69) is 20.8 Å². The molecule has 0 aromatic heterocycles. The van der Waals surface area contributed by atoms with Gasteiger partial charge in [-0.05, 0) is 36.7 Å². The van der Waals surface area contributed by atoms with Gasteiger partial charge in [0, 0.05) is 11.6 Å². The van der Waals surface area contributed by atoms with E-state index >= 15 is 0 Å². The van der Waals surface area contributed by atoms with Gasteiger partial charge in [0.1, 0.15) is 5.75 Å². The molecule has 0 unspecified atom stereocenters. The molecule has 0 aliphatic heterocycles. The molecule has 0 saturated heterocycles. The lowest BCUT2D eigenvalue weighted by Gasteiger charge is -2.30. The highest BCUT2D eigenvalue weighted by Gasteiger charge is 2.36. The highest BCUT2D eigenvalue weighted by atomic mass is 35.5. The topological polar surface area (TPSA) is 18.5 Å². The maximum atomic E-state index is 6.30. The standard InChI is InChI=1S/C21H36Cl2O2Si/c1-4-7-8-9-10-11-12-13-14-17-24-26(5-2,6-3)25-21-16-15-19(22)18-20(21)23/h15-16,18H,4-14,17H2,1-3H3. The Balaban J connectivity index is 2.31. The lowest BCUT2D eigenvalue weighted by molar-refractivity contribution is 0.230. The van der Waals surface area contributed by atoms with E-state index in [1.54, 1.807) is 6.07 Å². The van der Waals surface area contributed by atoms with Crippen LogP contribution in [-0.2, 0) is 4.43 Å². The zero-order valence-corrected chi connectivity index (χ0v) is 19.3. The molecule has 5 heteroatoms. The first-order chi connectivity index (χ1) is 12.6. The molecule has 0 aliphatic carbocycles. The predicted octanol–water partition coefficient (Wildman–Crippen LogP) is 8.40. The Morgan fingerprint density at radius 3 is 1.92 bits per heavy atom. The summed E-state index contributed by atoms with van der Waals surface area (Å²) in [6.45, 7) is 7.35. The van der Waals surface area contributed by atoms with Crippen molar-refractivity contribution in [1.82, 2.24) is 0 Å². The van der Waals surface area contributed by atoms with E-state index in [1.807, 2.05) is 12.1 Å². The summed E-state index contributed by atoms with van der Waals surface area (Å²) >= 11 is 12.2. The van der Waals surface area contributed by atoms with Crippen LogP contribution in [0.1, 0.15) is 78.6 Å². The molecule has 0 aliphatic rings. The molecular formula is C21H36Cl2O2Si. The van der Waals surface area contributed by atoms with Crippen LogP contribution in [0.4, 0.5) is 0 Å². The Kier molecular flexibility index (Phi) is 12.7.